The van der Waals surface area contributed by atoms with Crippen LogP contribution in [-0.2, 0) is 0 Å². The van der Waals surface area contributed by atoms with Gasteiger partial charge in [0.2, 0.25) is 0 Å². The molecule has 0 unspecified atom stereocenters. The zero-order valence-corrected chi connectivity index (χ0v) is 10.8. The summed E-state index contributed by atoms with van der Waals surface area (Å²) in [6.07, 6.45) is 3.69. The summed E-state index contributed by atoms with van der Waals surface area (Å²) < 4.78 is 0. The first-order valence-corrected chi connectivity index (χ1v) is 6.39. The summed E-state index contributed by atoms with van der Waals surface area (Å²) in [4.78, 5) is 4.34. The van der Waals surface area contributed by atoms with Crippen LogP contribution in [-0.4, -0.2) is 4.98 Å². The Hall–Kier alpha value is -2.92. The van der Waals surface area contributed by atoms with Gasteiger partial charge in [0.05, 0.1) is 17.2 Å². The van der Waals surface area contributed by atoms with E-state index in [9.17, 15) is 5.26 Å². The van der Waals surface area contributed by atoms with Gasteiger partial charge in [-0.1, -0.05) is 48.5 Å². The zero-order chi connectivity index (χ0) is 13.8. The lowest BCUT2D eigenvalue weighted by Crippen LogP contribution is -1.84. The second kappa shape index (κ2) is 5.38. The molecule has 0 N–H and O–H groups in total. The Bertz CT molecular complexity index is 806. The van der Waals surface area contributed by atoms with Crippen LogP contribution < -0.4 is 0 Å². The van der Waals surface area contributed by atoms with Crippen molar-refractivity contribution < 1.29 is 0 Å². The number of hydrogen-bond acceptors (Lipinski definition) is 2. The quantitative estimate of drug-likeness (QED) is 0.506. The highest BCUT2D eigenvalue weighted by Crippen LogP contribution is 2.22. The van der Waals surface area contributed by atoms with E-state index in [1.165, 1.54) is 0 Å². The SMILES string of the molecule is N#C/C(=C/c1cccc2ncccc12)c1ccccc1. The number of fused-ring (bicyclic) bond motifs is 1. The van der Waals surface area contributed by atoms with E-state index in [-0.39, 0.29) is 0 Å². The van der Waals surface area contributed by atoms with E-state index in [1.54, 1.807) is 6.20 Å². The van der Waals surface area contributed by atoms with E-state index < -0.39 is 0 Å². The maximum Gasteiger partial charge on any atom is 0.0998 e. The fourth-order valence-corrected chi connectivity index (χ4v) is 2.21. The normalized spacial score (nSPS) is 11.2. The fraction of sp³-hybridized carbons (Fsp3) is 0. The minimum atomic E-state index is 0.655. The van der Waals surface area contributed by atoms with Gasteiger partial charge < -0.3 is 0 Å². The average molecular weight is 256 g/mol. The molecule has 2 nitrogen and oxygen atoms in total. The van der Waals surface area contributed by atoms with Crippen LogP contribution in [0.2, 0.25) is 0 Å². The summed E-state index contributed by atoms with van der Waals surface area (Å²) in [5, 5.41) is 10.4. The molecule has 1 heterocycles. The number of aromatic nitrogens is 1. The molecular weight excluding hydrogens is 244 g/mol. The maximum atomic E-state index is 9.38. The monoisotopic (exact) mass is 256 g/mol. The molecule has 0 bridgehead atoms. The van der Waals surface area contributed by atoms with Gasteiger partial charge in [-0.05, 0) is 29.3 Å². The van der Waals surface area contributed by atoms with Crippen molar-refractivity contribution in [3.05, 3.63) is 78.0 Å². The van der Waals surface area contributed by atoms with Crippen molar-refractivity contribution in [2.45, 2.75) is 0 Å². The Morgan fingerprint density at radius 2 is 1.80 bits per heavy atom. The third-order valence-corrected chi connectivity index (χ3v) is 3.18. The first kappa shape index (κ1) is 12.1. The lowest BCUT2D eigenvalue weighted by Gasteiger charge is -2.03. The number of pyridine rings is 1. The van der Waals surface area contributed by atoms with Gasteiger partial charge in [-0.2, -0.15) is 5.26 Å². The van der Waals surface area contributed by atoms with E-state index in [1.807, 2.05) is 66.7 Å². The summed E-state index contributed by atoms with van der Waals surface area (Å²) in [5.74, 6) is 0. The number of allylic oxidation sites excluding steroid dienone is 1. The number of nitriles is 1. The van der Waals surface area contributed by atoms with Crippen molar-refractivity contribution in [2.75, 3.05) is 0 Å². The summed E-state index contributed by atoms with van der Waals surface area (Å²) in [5.41, 5.74) is 3.53. The highest BCUT2D eigenvalue weighted by molar-refractivity contribution is 5.97. The van der Waals surface area contributed by atoms with Crippen molar-refractivity contribution in [1.29, 1.82) is 5.26 Å². The average Bonchev–Trinajstić information content (AvgIpc) is 2.53. The third-order valence-electron chi connectivity index (χ3n) is 3.18. The molecule has 3 rings (SSSR count). The van der Waals surface area contributed by atoms with Crippen molar-refractivity contribution in [1.82, 2.24) is 4.98 Å². The smallest absolute Gasteiger partial charge is 0.0998 e. The van der Waals surface area contributed by atoms with Crippen LogP contribution in [0.15, 0.2) is 66.9 Å². The van der Waals surface area contributed by atoms with Crippen molar-refractivity contribution in [3.63, 3.8) is 0 Å². The lowest BCUT2D eigenvalue weighted by atomic mass is 10.0. The third kappa shape index (κ3) is 2.30. The van der Waals surface area contributed by atoms with Crippen LogP contribution in [0.3, 0.4) is 0 Å². The summed E-state index contributed by atoms with van der Waals surface area (Å²) >= 11 is 0. The standard InChI is InChI=1S/C18H12N2/c19-13-16(14-6-2-1-3-7-14)12-15-8-4-10-18-17(15)9-5-11-20-18/h1-12H/b16-12-. The lowest BCUT2D eigenvalue weighted by molar-refractivity contribution is 1.41. The number of benzene rings is 2. The molecule has 2 aromatic carbocycles. The molecule has 1 aromatic heterocycles. The van der Waals surface area contributed by atoms with Gasteiger partial charge in [-0.25, -0.2) is 0 Å². The number of nitrogens with zero attached hydrogens (tertiary/aromatic N) is 2. The molecule has 0 spiro atoms. The molecule has 0 atom stereocenters. The second-order valence-electron chi connectivity index (χ2n) is 4.45. The Kier molecular flexibility index (Phi) is 3.26. The van der Waals surface area contributed by atoms with Gasteiger partial charge in [0, 0.05) is 11.6 Å². The fourth-order valence-electron chi connectivity index (χ4n) is 2.21. The van der Waals surface area contributed by atoms with Crippen LogP contribution in [0.4, 0.5) is 0 Å². The topological polar surface area (TPSA) is 36.7 Å². The van der Waals surface area contributed by atoms with E-state index in [2.05, 4.69) is 11.1 Å². The highest BCUT2D eigenvalue weighted by Gasteiger charge is 2.03. The van der Waals surface area contributed by atoms with Crippen LogP contribution in [0.5, 0.6) is 0 Å². The molecule has 0 fully saturated rings. The molecule has 2 heteroatoms. The molecule has 0 saturated heterocycles. The molecule has 20 heavy (non-hydrogen) atoms. The van der Waals surface area contributed by atoms with Crippen LogP contribution in [0.25, 0.3) is 22.6 Å². The van der Waals surface area contributed by atoms with Gasteiger partial charge >= 0.3 is 0 Å². The second-order valence-corrected chi connectivity index (χ2v) is 4.45. The van der Waals surface area contributed by atoms with Crippen molar-refractivity contribution >= 4 is 22.6 Å². The number of rotatable bonds is 2. The van der Waals surface area contributed by atoms with Crippen LogP contribution in [0.1, 0.15) is 11.1 Å². The molecule has 0 radical (unpaired) electrons. The predicted molar refractivity (Wildman–Crippen MR) is 81.7 cm³/mol. The Balaban J connectivity index is 2.16. The molecular formula is C18H12N2. The Labute approximate surface area is 117 Å². The molecule has 0 aliphatic rings. The van der Waals surface area contributed by atoms with Gasteiger partial charge in [-0.3, -0.25) is 4.98 Å². The van der Waals surface area contributed by atoms with E-state index in [0.717, 1.165) is 22.0 Å². The molecule has 0 amide bonds. The van der Waals surface area contributed by atoms with Crippen molar-refractivity contribution in [3.8, 4) is 6.07 Å². The Morgan fingerprint density at radius 3 is 2.60 bits per heavy atom. The minimum Gasteiger partial charge on any atom is -0.256 e. The van der Waals surface area contributed by atoms with Crippen molar-refractivity contribution in [2.24, 2.45) is 0 Å². The zero-order valence-electron chi connectivity index (χ0n) is 10.8. The molecule has 0 aliphatic carbocycles. The highest BCUT2D eigenvalue weighted by atomic mass is 14.6. The van der Waals surface area contributed by atoms with Gasteiger partial charge in [0.1, 0.15) is 0 Å². The van der Waals surface area contributed by atoms with Crippen LogP contribution in [0, 0.1) is 11.3 Å². The maximum absolute atomic E-state index is 9.38. The van der Waals surface area contributed by atoms with Gasteiger partial charge in [0.25, 0.3) is 0 Å². The minimum absolute atomic E-state index is 0.655. The Morgan fingerprint density at radius 1 is 0.950 bits per heavy atom. The molecule has 3 aromatic rings. The largest absolute Gasteiger partial charge is 0.256 e. The number of hydrogen-bond donors (Lipinski definition) is 0. The van der Waals surface area contributed by atoms with Gasteiger partial charge in [-0.15, -0.1) is 0 Å². The summed E-state index contributed by atoms with van der Waals surface area (Å²) in [6, 6.07) is 21.8. The van der Waals surface area contributed by atoms with E-state index >= 15 is 0 Å². The molecule has 0 saturated carbocycles. The summed E-state index contributed by atoms with van der Waals surface area (Å²) in [7, 11) is 0. The van der Waals surface area contributed by atoms with Crippen LogP contribution >= 0.6 is 0 Å². The molecule has 0 aliphatic heterocycles. The predicted octanol–water partition coefficient (Wildman–Crippen LogP) is 4.30. The first-order chi connectivity index (χ1) is 9.88. The van der Waals surface area contributed by atoms with Gasteiger partial charge in [0.15, 0.2) is 0 Å². The van der Waals surface area contributed by atoms with E-state index in [0.29, 0.717) is 5.57 Å². The first-order valence-electron chi connectivity index (χ1n) is 6.39. The van der Waals surface area contributed by atoms with E-state index in [4.69, 9.17) is 0 Å². The molecule has 94 valence electrons. The summed E-state index contributed by atoms with van der Waals surface area (Å²) in [6.45, 7) is 0.